The summed E-state index contributed by atoms with van der Waals surface area (Å²) in [5.74, 6) is 4.60. The van der Waals surface area contributed by atoms with Crippen LogP contribution in [0.15, 0.2) is 30.3 Å². The molecular formula is C9H14N4O. The second kappa shape index (κ2) is 5.33. The van der Waals surface area contributed by atoms with Crippen molar-refractivity contribution in [2.24, 2.45) is 11.6 Å². The van der Waals surface area contributed by atoms with Gasteiger partial charge in [-0.1, -0.05) is 30.3 Å². The van der Waals surface area contributed by atoms with Gasteiger partial charge in [-0.3, -0.25) is 16.1 Å². The molecule has 0 aliphatic heterocycles. The largest absolute Gasteiger partial charge is 0.320 e. The highest BCUT2D eigenvalue weighted by atomic mass is 16.2. The number of hydrogen-bond donors (Lipinski definition) is 4. The number of carbonyl (C=O) groups excluding carboxylic acids is 1. The van der Waals surface area contributed by atoms with E-state index in [1.54, 1.807) is 0 Å². The molecule has 0 bridgehead atoms. The lowest BCUT2D eigenvalue weighted by Gasteiger charge is -2.10. The van der Waals surface area contributed by atoms with E-state index in [9.17, 15) is 4.79 Å². The highest BCUT2D eigenvalue weighted by Crippen LogP contribution is 2.01. The lowest BCUT2D eigenvalue weighted by atomic mass is 10.1. The zero-order chi connectivity index (χ0) is 10.4. The molecule has 0 aromatic heterocycles. The second-order valence-corrected chi connectivity index (χ2v) is 2.93. The van der Waals surface area contributed by atoms with Gasteiger partial charge >= 0.3 is 0 Å². The summed E-state index contributed by atoms with van der Waals surface area (Å²) >= 11 is 0. The van der Waals surface area contributed by atoms with E-state index in [0.717, 1.165) is 5.56 Å². The Bertz CT molecular complexity index is 288. The molecule has 1 amide bonds. The molecule has 14 heavy (non-hydrogen) atoms. The maximum absolute atomic E-state index is 11.2. The number of benzene rings is 1. The summed E-state index contributed by atoms with van der Waals surface area (Å²) in [7, 11) is 0. The van der Waals surface area contributed by atoms with E-state index in [4.69, 9.17) is 11.6 Å². The third-order valence-corrected chi connectivity index (χ3v) is 1.83. The molecular weight excluding hydrogens is 180 g/mol. The average molecular weight is 194 g/mol. The van der Waals surface area contributed by atoms with E-state index < -0.39 is 6.04 Å². The summed E-state index contributed by atoms with van der Waals surface area (Å²) in [4.78, 5) is 11.2. The van der Waals surface area contributed by atoms with Gasteiger partial charge in [0.1, 0.15) is 0 Å². The van der Waals surface area contributed by atoms with Crippen LogP contribution in [0.25, 0.3) is 0 Å². The number of carbonyl (C=O) groups is 1. The zero-order valence-electron chi connectivity index (χ0n) is 7.73. The Hall–Kier alpha value is -1.43. The highest BCUT2D eigenvalue weighted by Gasteiger charge is 2.12. The van der Waals surface area contributed by atoms with Crippen molar-refractivity contribution in [3.05, 3.63) is 35.9 Å². The smallest absolute Gasteiger partial charge is 0.252 e. The number of amides is 1. The molecule has 1 aromatic carbocycles. The first-order chi connectivity index (χ1) is 6.74. The Balaban J connectivity index is 2.49. The standard InChI is InChI=1S/C9H14N4O/c10-8(9(14)12-13-11)6-7-4-2-1-3-5-7/h1-5,8,13H,6,10-11H2,(H,12,14). The van der Waals surface area contributed by atoms with Crippen LogP contribution in [-0.2, 0) is 11.2 Å². The molecule has 1 atom stereocenters. The van der Waals surface area contributed by atoms with Gasteiger partial charge in [-0.25, -0.2) is 0 Å². The van der Waals surface area contributed by atoms with E-state index in [1.165, 1.54) is 0 Å². The van der Waals surface area contributed by atoms with Gasteiger partial charge in [-0.05, 0) is 12.0 Å². The number of hydrogen-bond acceptors (Lipinski definition) is 4. The lowest BCUT2D eigenvalue weighted by Crippen LogP contribution is -2.50. The monoisotopic (exact) mass is 194 g/mol. The fraction of sp³-hybridized carbons (Fsp3) is 0.222. The Morgan fingerprint density at radius 3 is 2.57 bits per heavy atom. The molecule has 1 aromatic rings. The summed E-state index contributed by atoms with van der Waals surface area (Å²) in [6.07, 6.45) is 0.494. The van der Waals surface area contributed by atoms with Crippen LogP contribution in [0, 0.1) is 0 Å². The Morgan fingerprint density at radius 2 is 2.00 bits per heavy atom. The van der Waals surface area contributed by atoms with Crippen LogP contribution in [0.1, 0.15) is 5.56 Å². The van der Waals surface area contributed by atoms with Crippen molar-refractivity contribution >= 4 is 5.91 Å². The van der Waals surface area contributed by atoms with Crippen molar-refractivity contribution in [1.29, 1.82) is 0 Å². The van der Waals surface area contributed by atoms with Crippen molar-refractivity contribution in [2.45, 2.75) is 12.5 Å². The van der Waals surface area contributed by atoms with Crippen LogP contribution < -0.4 is 22.5 Å². The normalized spacial score (nSPS) is 12.1. The quantitative estimate of drug-likeness (QED) is 0.367. The number of hydrazine groups is 2. The third-order valence-electron chi connectivity index (χ3n) is 1.83. The molecule has 5 heteroatoms. The molecule has 1 rings (SSSR count). The molecule has 0 radical (unpaired) electrons. The fourth-order valence-corrected chi connectivity index (χ4v) is 1.12. The van der Waals surface area contributed by atoms with Crippen LogP contribution in [0.2, 0.25) is 0 Å². The van der Waals surface area contributed by atoms with E-state index in [0.29, 0.717) is 6.42 Å². The van der Waals surface area contributed by atoms with E-state index in [-0.39, 0.29) is 5.91 Å². The van der Waals surface area contributed by atoms with Crippen LogP contribution in [-0.4, -0.2) is 11.9 Å². The van der Waals surface area contributed by atoms with Gasteiger partial charge in [-0.15, -0.1) is 0 Å². The van der Waals surface area contributed by atoms with Crippen molar-refractivity contribution in [1.82, 2.24) is 11.0 Å². The molecule has 6 N–H and O–H groups in total. The maximum atomic E-state index is 11.2. The number of nitrogens with two attached hydrogens (primary N) is 2. The molecule has 76 valence electrons. The summed E-state index contributed by atoms with van der Waals surface area (Å²) in [5.41, 5.74) is 10.9. The minimum Gasteiger partial charge on any atom is -0.320 e. The minimum absolute atomic E-state index is 0.323. The van der Waals surface area contributed by atoms with Crippen LogP contribution in [0.5, 0.6) is 0 Å². The zero-order valence-corrected chi connectivity index (χ0v) is 7.73. The Labute approximate surface area is 82.4 Å². The molecule has 0 saturated carbocycles. The number of nitrogens with one attached hydrogen (secondary N) is 2. The first-order valence-corrected chi connectivity index (χ1v) is 4.29. The van der Waals surface area contributed by atoms with E-state index >= 15 is 0 Å². The van der Waals surface area contributed by atoms with Crippen LogP contribution >= 0.6 is 0 Å². The molecule has 0 saturated heterocycles. The van der Waals surface area contributed by atoms with Crippen molar-refractivity contribution in [3.63, 3.8) is 0 Å². The Kier molecular flexibility index (Phi) is 4.06. The van der Waals surface area contributed by atoms with Crippen molar-refractivity contribution in [3.8, 4) is 0 Å². The molecule has 0 heterocycles. The molecule has 0 spiro atoms. The molecule has 0 aliphatic carbocycles. The first kappa shape index (κ1) is 10.6. The summed E-state index contributed by atoms with van der Waals surface area (Å²) in [6, 6.07) is 8.97. The predicted octanol–water partition coefficient (Wildman–Crippen LogP) is -0.949. The van der Waals surface area contributed by atoms with Gasteiger partial charge in [0.15, 0.2) is 0 Å². The van der Waals surface area contributed by atoms with E-state index in [2.05, 4.69) is 11.0 Å². The SMILES string of the molecule is NNNC(=O)C(N)Cc1ccccc1. The molecule has 0 fully saturated rings. The molecule has 0 aliphatic rings. The average Bonchev–Trinajstić information content (AvgIpc) is 2.19. The van der Waals surface area contributed by atoms with Gasteiger partial charge in [0, 0.05) is 0 Å². The first-order valence-electron chi connectivity index (χ1n) is 4.29. The van der Waals surface area contributed by atoms with Crippen molar-refractivity contribution in [2.75, 3.05) is 0 Å². The summed E-state index contributed by atoms with van der Waals surface area (Å²) in [5, 5.41) is 0. The third kappa shape index (κ3) is 3.14. The van der Waals surface area contributed by atoms with Gasteiger partial charge < -0.3 is 5.73 Å². The lowest BCUT2D eigenvalue weighted by molar-refractivity contribution is -0.123. The minimum atomic E-state index is -0.589. The fourth-order valence-electron chi connectivity index (χ4n) is 1.12. The predicted molar refractivity (Wildman–Crippen MR) is 53.6 cm³/mol. The Morgan fingerprint density at radius 1 is 1.36 bits per heavy atom. The van der Waals surface area contributed by atoms with E-state index in [1.807, 2.05) is 30.3 Å². The molecule has 5 nitrogen and oxygen atoms in total. The maximum Gasteiger partial charge on any atom is 0.252 e. The summed E-state index contributed by atoms with van der Waals surface area (Å²) < 4.78 is 0. The van der Waals surface area contributed by atoms with Gasteiger partial charge in [0.2, 0.25) is 0 Å². The summed E-state index contributed by atoms with van der Waals surface area (Å²) in [6.45, 7) is 0. The highest BCUT2D eigenvalue weighted by molar-refractivity contribution is 5.81. The van der Waals surface area contributed by atoms with Gasteiger partial charge in [0.25, 0.3) is 5.91 Å². The van der Waals surface area contributed by atoms with Crippen LogP contribution in [0.3, 0.4) is 0 Å². The second-order valence-electron chi connectivity index (χ2n) is 2.93. The van der Waals surface area contributed by atoms with Gasteiger partial charge in [0.05, 0.1) is 6.04 Å². The molecule has 1 unspecified atom stereocenters. The topological polar surface area (TPSA) is 93.2 Å². The van der Waals surface area contributed by atoms with Crippen LogP contribution in [0.4, 0.5) is 0 Å². The van der Waals surface area contributed by atoms with Crippen molar-refractivity contribution < 1.29 is 4.79 Å². The van der Waals surface area contributed by atoms with Gasteiger partial charge in [-0.2, -0.15) is 5.53 Å². The number of rotatable bonds is 4.